The second-order valence-corrected chi connectivity index (χ2v) is 5.63. The molecule has 9 heteroatoms. The minimum Gasteiger partial charge on any atom is -0.381 e. The van der Waals surface area contributed by atoms with Gasteiger partial charge in [0.25, 0.3) is 0 Å². The summed E-state index contributed by atoms with van der Waals surface area (Å²) < 4.78 is 43.3. The van der Waals surface area contributed by atoms with E-state index in [1.165, 1.54) is 0 Å². The van der Waals surface area contributed by atoms with Crippen LogP contribution < -0.4 is 4.90 Å². The second kappa shape index (κ2) is 6.31. The predicted molar refractivity (Wildman–Crippen MR) is 74.8 cm³/mol. The molecule has 0 N–H and O–H groups in total. The molecule has 0 unspecified atom stereocenters. The quantitative estimate of drug-likeness (QED) is 0.815. The normalized spacial score (nSPS) is 22.5. The van der Waals surface area contributed by atoms with Crippen LogP contribution in [0.1, 0.15) is 12.1 Å². The van der Waals surface area contributed by atoms with E-state index in [9.17, 15) is 18.0 Å². The van der Waals surface area contributed by atoms with Gasteiger partial charge in [-0.1, -0.05) is 0 Å². The number of alkyl halides is 3. The lowest BCUT2D eigenvalue weighted by Crippen LogP contribution is -2.50. The summed E-state index contributed by atoms with van der Waals surface area (Å²) >= 11 is 0. The van der Waals surface area contributed by atoms with Gasteiger partial charge >= 0.3 is 6.18 Å². The molecule has 0 spiro atoms. The van der Waals surface area contributed by atoms with Gasteiger partial charge < -0.3 is 14.5 Å². The van der Waals surface area contributed by atoms with Gasteiger partial charge in [-0.05, 0) is 6.42 Å². The number of hydrogen-bond acceptors (Lipinski definition) is 5. The lowest BCUT2D eigenvalue weighted by Gasteiger charge is -2.36. The van der Waals surface area contributed by atoms with E-state index >= 15 is 0 Å². The second-order valence-electron chi connectivity index (χ2n) is 5.63. The number of hydrogen-bond donors (Lipinski definition) is 0. The average molecular weight is 330 g/mol. The van der Waals surface area contributed by atoms with Crippen LogP contribution in [-0.4, -0.2) is 60.2 Å². The Kier molecular flexibility index (Phi) is 4.38. The summed E-state index contributed by atoms with van der Waals surface area (Å²) in [6.07, 6.45) is -2.83. The molecule has 6 nitrogen and oxygen atoms in total. The van der Waals surface area contributed by atoms with Crippen molar-refractivity contribution in [2.45, 2.75) is 12.6 Å². The van der Waals surface area contributed by atoms with Crippen molar-refractivity contribution < 1.29 is 22.7 Å². The van der Waals surface area contributed by atoms with Gasteiger partial charge in [-0.2, -0.15) is 13.2 Å². The van der Waals surface area contributed by atoms with Crippen molar-refractivity contribution in [1.29, 1.82) is 0 Å². The summed E-state index contributed by atoms with van der Waals surface area (Å²) in [5, 5.41) is 0. The van der Waals surface area contributed by atoms with Crippen molar-refractivity contribution in [2.75, 3.05) is 44.3 Å². The zero-order chi connectivity index (χ0) is 16.4. The number of amides is 1. The van der Waals surface area contributed by atoms with Crippen molar-refractivity contribution in [3.8, 4) is 0 Å². The molecule has 3 heterocycles. The third-order valence-electron chi connectivity index (χ3n) is 4.14. The summed E-state index contributed by atoms with van der Waals surface area (Å²) in [5.41, 5.74) is -0.955. The molecule has 2 aliphatic rings. The smallest absolute Gasteiger partial charge is 0.381 e. The van der Waals surface area contributed by atoms with Gasteiger partial charge in [-0.15, -0.1) is 0 Å². The Hall–Kier alpha value is -1.90. The highest BCUT2D eigenvalue weighted by molar-refractivity contribution is 5.79. The minimum absolute atomic E-state index is 0.0702. The van der Waals surface area contributed by atoms with Crippen molar-refractivity contribution in [3.63, 3.8) is 0 Å². The molecule has 126 valence electrons. The number of piperazine rings is 1. The molecule has 2 aliphatic heterocycles. The summed E-state index contributed by atoms with van der Waals surface area (Å²) in [7, 11) is 0. The van der Waals surface area contributed by atoms with Crippen LogP contribution in [0.2, 0.25) is 0 Å². The van der Waals surface area contributed by atoms with Crippen LogP contribution in [0, 0.1) is 5.92 Å². The molecule has 3 rings (SSSR count). The van der Waals surface area contributed by atoms with E-state index in [1.807, 2.05) is 0 Å². The molecule has 0 radical (unpaired) electrons. The predicted octanol–water partition coefficient (Wildman–Crippen LogP) is 1.18. The molecule has 1 aromatic heterocycles. The Morgan fingerprint density at radius 2 is 1.96 bits per heavy atom. The molecule has 0 saturated carbocycles. The van der Waals surface area contributed by atoms with Crippen LogP contribution in [0.5, 0.6) is 0 Å². The number of ether oxygens (including phenoxy) is 1. The zero-order valence-electron chi connectivity index (χ0n) is 12.4. The number of carbonyl (C=O) groups excluding carboxylic acids is 1. The molecule has 2 fully saturated rings. The maximum absolute atomic E-state index is 12.7. The lowest BCUT2D eigenvalue weighted by molar-refractivity contribution is -0.141. The first-order valence-corrected chi connectivity index (χ1v) is 7.46. The molecule has 0 bridgehead atoms. The van der Waals surface area contributed by atoms with Gasteiger partial charge in [0.2, 0.25) is 5.91 Å². The maximum Gasteiger partial charge on any atom is 0.433 e. The number of carbonyl (C=O) groups is 1. The van der Waals surface area contributed by atoms with E-state index in [4.69, 9.17) is 4.74 Å². The summed E-state index contributed by atoms with van der Waals surface area (Å²) in [5.74, 6) is 0.224. The van der Waals surface area contributed by atoms with E-state index in [1.54, 1.807) is 9.80 Å². The SMILES string of the molecule is O=C([C@@H]1CCOC1)N1CCN(c2cc(C(F)(F)F)ncn2)CC1. The fraction of sp³-hybridized carbons (Fsp3) is 0.643. The summed E-state index contributed by atoms with van der Waals surface area (Å²) in [6.45, 7) is 2.92. The zero-order valence-corrected chi connectivity index (χ0v) is 12.4. The molecule has 2 saturated heterocycles. The standard InChI is InChI=1S/C14H17F3N4O2/c15-14(16,17)11-7-12(19-9-18-11)20-2-4-21(5-3-20)13(22)10-1-6-23-8-10/h7,9-10H,1-6,8H2/t10-/m1/s1. The van der Waals surface area contributed by atoms with Gasteiger partial charge in [0.1, 0.15) is 17.8 Å². The lowest BCUT2D eigenvalue weighted by atomic mass is 10.1. The number of aromatic nitrogens is 2. The van der Waals surface area contributed by atoms with E-state index in [0.717, 1.165) is 18.8 Å². The highest BCUT2D eigenvalue weighted by atomic mass is 19.4. The van der Waals surface area contributed by atoms with E-state index < -0.39 is 11.9 Å². The monoisotopic (exact) mass is 330 g/mol. The van der Waals surface area contributed by atoms with Crippen molar-refractivity contribution >= 4 is 11.7 Å². The van der Waals surface area contributed by atoms with Gasteiger partial charge in [-0.3, -0.25) is 4.79 Å². The molecule has 23 heavy (non-hydrogen) atoms. The van der Waals surface area contributed by atoms with Crippen molar-refractivity contribution in [2.24, 2.45) is 5.92 Å². The molecule has 1 amide bonds. The third-order valence-corrected chi connectivity index (χ3v) is 4.14. The number of rotatable bonds is 2. The van der Waals surface area contributed by atoms with Crippen LogP contribution >= 0.6 is 0 Å². The fourth-order valence-electron chi connectivity index (χ4n) is 2.82. The van der Waals surface area contributed by atoms with Gasteiger partial charge in [-0.25, -0.2) is 9.97 Å². The van der Waals surface area contributed by atoms with Crippen LogP contribution in [0.3, 0.4) is 0 Å². The topological polar surface area (TPSA) is 58.6 Å². The molecule has 0 aliphatic carbocycles. The Morgan fingerprint density at radius 3 is 2.57 bits per heavy atom. The van der Waals surface area contributed by atoms with E-state index in [-0.39, 0.29) is 17.6 Å². The molecular weight excluding hydrogens is 313 g/mol. The third kappa shape index (κ3) is 3.54. The van der Waals surface area contributed by atoms with E-state index in [0.29, 0.717) is 39.4 Å². The Bertz CT molecular complexity index is 567. The summed E-state index contributed by atoms with van der Waals surface area (Å²) in [4.78, 5) is 23.0. The van der Waals surface area contributed by atoms with E-state index in [2.05, 4.69) is 9.97 Å². The Balaban J connectivity index is 1.61. The van der Waals surface area contributed by atoms with Crippen LogP contribution in [-0.2, 0) is 15.7 Å². The largest absolute Gasteiger partial charge is 0.433 e. The maximum atomic E-state index is 12.7. The van der Waals surface area contributed by atoms with Gasteiger partial charge in [0, 0.05) is 38.9 Å². The van der Waals surface area contributed by atoms with Crippen LogP contribution in [0.25, 0.3) is 0 Å². The summed E-state index contributed by atoms with van der Waals surface area (Å²) in [6, 6.07) is 0.947. The van der Waals surface area contributed by atoms with Gasteiger partial charge in [0.05, 0.1) is 12.5 Å². The number of nitrogens with zero attached hydrogens (tertiary/aromatic N) is 4. The molecular formula is C14H17F3N4O2. The minimum atomic E-state index is -4.49. The average Bonchev–Trinajstić information content (AvgIpc) is 3.08. The highest BCUT2D eigenvalue weighted by Gasteiger charge is 2.34. The first-order valence-electron chi connectivity index (χ1n) is 7.46. The Labute approximate surface area is 131 Å². The molecule has 1 aromatic rings. The van der Waals surface area contributed by atoms with Crippen molar-refractivity contribution in [3.05, 3.63) is 18.1 Å². The van der Waals surface area contributed by atoms with Gasteiger partial charge in [0.15, 0.2) is 0 Å². The fourth-order valence-corrected chi connectivity index (χ4v) is 2.82. The number of halogens is 3. The first kappa shape index (κ1) is 16.0. The Morgan fingerprint density at radius 1 is 1.22 bits per heavy atom. The first-order chi connectivity index (χ1) is 10.9. The highest BCUT2D eigenvalue weighted by Crippen LogP contribution is 2.29. The van der Waals surface area contributed by atoms with Crippen LogP contribution in [0.4, 0.5) is 19.0 Å². The number of anilines is 1. The van der Waals surface area contributed by atoms with Crippen molar-refractivity contribution in [1.82, 2.24) is 14.9 Å². The molecule has 0 aromatic carbocycles. The van der Waals surface area contributed by atoms with Crippen LogP contribution in [0.15, 0.2) is 12.4 Å². The molecule has 1 atom stereocenters.